The van der Waals surface area contributed by atoms with Gasteiger partial charge in [-0.2, -0.15) is 5.26 Å². The smallest absolute Gasteiger partial charge is 0.179 e. The molecular weight excluding hydrogens is 282 g/mol. The molecule has 106 valence electrons. The van der Waals surface area contributed by atoms with E-state index in [1.807, 2.05) is 36.4 Å². The fraction of sp³-hybridized carbons (Fsp3) is 0.118. The maximum atomic E-state index is 12.2. The van der Waals surface area contributed by atoms with Gasteiger partial charge in [0.1, 0.15) is 0 Å². The number of hydrogen-bond acceptors (Lipinski definition) is 3. The monoisotopic (exact) mass is 297 g/mol. The van der Waals surface area contributed by atoms with E-state index < -0.39 is 15.8 Å². The van der Waals surface area contributed by atoms with Crippen LogP contribution in [0.3, 0.4) is 0 Å². The third-order valence-electron chi connectivity index (χ3n) is 2.99. The van der Waals surface area contributed by atoms with E-state index in [2.05, 4.69) is 0 Å². The van der Waals surface area contributed by atoms with Crippen LogP contribution in [0.4, 0.5) is 0 Å². The second kappa shape index (κ2) is 6.87. The highest BCUT2D eigenvalue weighted by molar-refractivity contribution is 7.91. The number of benzene rings is 2. The van der Waals surface area contributed by atoms with Crippen LogP contribution in [0, 0.1) is 17.2 Å². The predicted octanol–water partition coefficient (Wildman–Crippen LogP) is 3.31. The third-order valence-corrected chi connectivity index (χ3v) is 4.78. The summed E-state index contributed by atoms with van der Waals surface area (Å²) < 4.78 is 24.5. The largest absolute Gasteiger partial charge is 0.224 e. The highest BCUT2D eigenvalue weighted by Gasteiger charge is 2.19. The Kier molecular flexibility index (Phi) is 4.91. The zero-order valence-electron chi connectivity index (χ0n) is 11.4. The van der Waals surface area contributed by atoms with Gasteiger partial charge in [-0.05, 0) is 17.7 Å². The molecule has 2 aromatic carbocycles. The predicted molar refractivity (Wildman–Crippen MR) is 83.1 cm³/mol. The number of allylic oxidation sites excluding steroid dienone is 1. The molecule has 0 aromatic heterocycles. The number of hydrogen-bond donors (Lipinski definition) is 0. The van der Waals surface area contributed by atoms with Gasteiger partial charge in [0, 0.05) is 0 Å². The number of nitrogens with zero attached hydrogens (tertiary/aromatic N) is 1. The van der Waals surface area contributed by atoms with Crippen molar-refractivity contribution in [1.29, 1.82) is 5.26 Å². The molecule has 0 spiro atoms. The fourth-order valence-corrected chi connectivity index (χ4v) is 3.31. The first kappa shape index (κ1) is 15.0. The fourth-order valence-electron chi connectivity index (χ4n) is 1.89. The Labute approximate surface area is 125 Å². The highest BCUT2D eigenvalue weighted by atomic mass is 32.2. The van der Waals surface area contributed by atoms with Gasteiger partial charge in [0.15, 0.2) is 9.84 Å². The average Bonchev–Trinajstić information content (AvgIpc) is 2.53. The molecule has 0 amide bonds. The van der Waals surface area contributed by atoms with Gasteiger partial charge >= 0.3 is 0 Å². The van der Waals surface area contributed by atoms with Crippen molar-refractivity contribution in [3.05, 3.63) is 72.3 Å². The van der Waals surface area contributed by atoms with Crippen LogP contribution in [0.15, 0.2) is 71.6 Å². The van der Waals surface area contributed by atoms with Crippen molar-refractivity contribution in [3.63, 3.8) is 0 Å². The molecule has 0 bridgehead atoms. The van der Waals surface area contributed by atoms with Crippen molar-refractivity contribution in [1.82, 2.24) is 0 Å². The minimum absolute atomic E-state index is 0.211. The first-order valence-electron chi connectivity index (χ1n) is 6.52. The molecule has 0 aliphatic rings. The van der Waals surface area contributed by atoms with Crippen LogP contribution in [0.1, 0.15) is 5.56 Å². The number of sulfone groups is 1. The Morgan fingerprint density at radius 2 is 1.57 bits per heavy atom. The van der Waals surface area contributed by atoms with E-state index in [0.717, 1.165) is 5.56 Å². The van der Waals surface area contributed by atoms with Crippen molar-refractivity contribution in [3.8, 4) is 6.07 Å². The molecule has 4 heteroatoms. The molecule has 1 unspecified atom stereocenters. The van der Waals surface area contributed by atoms with Crippen LogP contribution in [0.25, 0.3) is 6.08 Å². The molecule has 0 saturated heterocycles. The molecule has 0 aliphatic carbocycles. The first-order chi connectivity index (χ1) is 10.1. The van der Waals surface area contributed by atoms with Gasteiger partial charge in [0.05, 0.1) is 22.6 Å². The van der Waals surface area contributed by atoms with E-state index in [1.54, 1.807) is 42.5 Å². The summed E-state index contributed by atoms with van der Waals surface area (Å²) in [4.78, 5) is 0.248. The molecule has 3 nitrogen and oxygen atoms in total. The summed E-state index contributed by atoms with van der Waals surface area (Å²) in [5, 5.41) is 9.15. The van der Waals surface area contributed by atoms with Gasteiger partial charge in [0.25, 0.3) is 0 Å². The lowest BCUT2D eigenvalue weighted by Gasteiger charge is -2.06. The molecular formula is C17H15NO2S. The minimum Gasteiger partial charge on any atom is -0.224 e. The summed E-state index contributed by atoms with van der Waals surface area (Å²) in [6, 6.07) is 19.7. The van der Waals surface area contributed by atoms with Gasteiger partial charge < -0.3 is 0 Å². The Morgan fingerprint density at radius 1 is 1.00 bits per heavy atom. The molecule has 0 heterocycles. The van der Waals surface area contributed by atoms with Crippen molar-refractivity contribution in [2.75, 3.05) is 5.75 Å². The Bertz CT molecular complexity index is 744. The summed E-state index contributed by atoms with van der Waals surface area (Å²) in [5.74, 6) is -0.882. The van der Waals surface area contributed by atoms with Gasteiger partial charge in [0.2, 0.25) is 0 Å². The quantitative estimate of drug-likeness (QED) is 0.850. The Morgan fingerprint density at radius 3 is 2.14 bits per heavy atom. The third kappa shape index (κ3) is 4.30. The molecule has 0 radical (unpaired) electrons. The zero-order valence-corrected chi connectivity index (χ0v) is 12.2. The lowest BCUT2D eigenvalue weighted by atomic mass is 10.1. The van der Waals surface area contributed by atoms with Crippen molar-refractivity contribution in [2.24, 2.45) is 5.92 Å². The van der Waals surface area contributed by atoms with E-state index in [1.165, 1.54) is 0 Å². The SMILES string of the molecule is N#CC(/C=C/c1ccccc1)CS(=O)(=O)c1ccccc1. The normalized spacial score (nSPS) is 12.9. The molecule has 0 N–H and O–H groups in total. The van der Waals surface area contributed by atoms with Gasteiger partial charge in [-0.25, -0.2) is 8.42 Å². The van der Waals surface area contributed by atoms with Crippen molar-refractivity contribution >= 4 is 15.9 Å². The summed E-state index contributed by atoms with van der Waals surface area (Å²) in [6.45, 7) is 0. The zero-order chi connectivity index (χ0) is 15.1. The van der Waals surface area contributed by atoms with Crippen LogP contribution in [0.5, 0.6) is 0 Å². The van der Waals surface area contributed by atoms with Crippen LogP contribution in [-0.4, -0.2) is 14.2 Å². The van der Waals surface area contributed by atoms with Crippen LogP contribution >= 0.6 is 0 Å². The van der Waals surface area contributed by atoms with Crippen molar-refractivity contribution < 1.29 is 8.42 Å². The topological polar surface area (TPSA) is 57.9 Å². The lowest BCUT2D eigenvalue weighted by Crippen LogP contribution is -2.13. The summed E-state index contributed by atoms with van der Waals surface area (Å²) in [7, 11) is -3.45. The highest BCUT2D eigenvalue weighted by Crippen LogP contribution is 2.15. The van der Waals surface area contributed by atoms with Gasteiger partial charge in [-0.1, -0.05) is 60.7 Å². The van der Waals surface area contributed by atoms with E-state index in [4.69, 9.17) is 5.26 Å². The number of rotatable bonds is 5. The molecule has 2 rings (SSSR count). The molecule has 0 fully saturated rings. The molecule has 0 aliphatic heterocycles. The summed E-state index contributed by atoms with van der Waals surface area (Å²) >= 11 is 0. The summed E-state index contributed by atoms with van der Waals surface area (Å²) in [5.41, 5.74) is 0.940. The van der Waals surface area contributed by atoms with Crippen LogP contribution in [0.2, 0.25) is 0 Å². The van der Waals surface area contributed by atoms with Crippen LogP contribution < -0.4 is 0 Å². The van der Waals surface area contributed by atoms with Crippen LogP contribution in [-0.2, 0) is 9.84 Å². The molecule has 2 aromatic rings. The molecule has 21 heavy (non-hydrogen) atoms. The second-order valence-corrected chi connectivity index (χ2v) is 6.63. The van der Waals surface area contributed by atoms with Crippen molar-refractivity contribution in [2.45, 2.75) is 4.90 Å². The standard InChI is InChI=1S/C17H15NO2S/c18-13-16(12-11-15-7-3-1-4-8-15)14-21(19,20)17-9-5-2-6-10-17/h1-12,16H,14H2/b12-11+. The average molecular weight is 297 g/mol. The second-order valence-electron chi connectivity index (χ2n) is 4.60. The Hall–Kier alpha value is -2.38. The van der Waals surface area contributed by atoms with E-state index >= 15 is 0 Å². The molecule has 1 atom stereocenters. The van der Waals surface area contributed by atoms with Gasteiger partial charge in [-0.15, -0.1) is 0 Å². The molecule has 0 saturated carbocycles. The van der Waals surface area contributed by atoms with E-state index in [9.17, 15) is 8.42 Å². The van der Waals surface area contributed by atoms with E-state index in [0.29, 0.717) is 0 Å². The minimum atomic E-state index is -3.45. The van der Waals surface area contributed by atoms with Gasteiger partial charge in [-0.3, -0.25) is 0 Å². The Balaban J connectivity index is 2.13. The van der Waals surface area contributed by atoms with E-state index in [-0.39, 0.29) is 10.6 Å². The first-order valence-corrected chi connectivity index (χ1v) is 8.18. The maximum absolute atomic E-state index is 12.2. The maximum Gasteiger partial charge on any atom is 0.179 e. The lowest BCUT2D eigenvalue weighted by molar-refractivity contribution is 0.592. The number of nitriles is 1. The summed E-state index contributed by atoms with van der Waals surface area (Å²) in [6.07, 6.45) is 3.41.